The molecule has 1 saturated heterocycles. The van der Waals surface area contributed by atoms with Gasteiger partial charge in [0.15, 0.2) is 0 Å². The number of likely N-dealkylation sites (tertiary alicyclic amines) is 1. The molecule has 1 aromatic carbocycles. The number of likely N-dealkylation sites (N-methyl/N-ethyl adjacent to an activating group) is 1. The Morgan fingerprint density at radius 1 is 1.53 bits per heavy atom. The van der Waals surface area contributed by atoms with E-state index in [4.69, 9.17) is 11.6 Å². The average Bonchev–Trinajstić information content (AvgIpc) is 2.77. The Labute approximate surface area is 125 Å². The Kier molecular flexibility index (Phi) is 6.11. The van der Waals surface area contributed by atoms with E-state index in [0.717, 1.165) is 37.1 Å². The number of nitrogens with one attached hydrogen (secondary N) is 1. The molecule has 1 heterocycles. The third-order valence-corrected chi connectivity index (χ3v) is 3.73. The fourth-order valence-electron chi connectivity index (χ4n) is 2.57. The summed E-state index contributed by atoms with van der Waals surface area (Å²) in [5.41, 5.74) is 1.71. The van der Waals surface area contributed by atoms with Gasteiger partial charge in [-0.25, -0.2) is 0 Å². The van der Waals surface area contributed by atoms with E-state index in [1.807, 2.05) is 31.0 Å². The first-order valence-electron chi connectivity index (χ1n) is 6.35. The third-order valence-electron chi connectivity index (χ3n) is 3.50. The van der Waals surface area contributed by atoms with Crippen molar-refractivity contribution in [3.05, 3.63) is 34.3 Å². The molecule has 0 spiro atoms. The van der Waals surface area contributed by atoms with Crippen LogP contribution in [-0.4, -0.2) is 37.0 Å². The van der Waals surface area contributed by atoms with E-state index in [0.29, 0.717) is 11.1 Å². The summed E-state index contributed by atoms with van der Waals surface area (Å²) in [6.45, 7) is 3.65. The summed E-state index contributed by atoms with van der Waals surface area (Å²) in [4.78, 5) is 14.5. The fraction of sp³-hybridized carbons (Fsp3) is 0.500. The maximum absolute atomic E-state index is 12.5. The second-order valence-corrected chi connectivity index (χ2v) is 5.25. The minimum Gasteiger partial charge on any atom is -0.334 e. The van der Waals surface area contributed by atoms with Crippen molar-refractivity contribution in [2.45, 2.75) is 25.8 Å². The minimum absolute atomic E-state index is 0. The molecule has 19 heavy (non-hydrogen) atoms. The van der Waals surface area contributed by atoms with Crippen molar-refractivity contribution in [3.63, 3.8) is 0 Å². The number of nitrogens with zero attached hydrogens (tertiary/aromatic N) is 1. The van der Waals surface area contributed by atoms with Gasteiger partial charge in [0.25, 0.3) is 5.91 Å². The maximum Gasteiger partial charge on any atom is 0.254 e. The predicted molar refractivity (Wildman–Crippen MR) is 81.4 cm³/mol. The van der Waals surface area contributed by atoms with E-state index in [9.17, 15) is 4.79 Å². The molecule has 0 aromatic heterocycles. The molecular weight excluding hydrogens is 283 g/mol. The van der Waals surface area contributed by atoms with Gasteiger partial charge >= 0.3 is 0 Å². The second-order valence-electron chi connectivity index (χ2n) is 4.81. The highest BCUT2D eigenvalue weighted by molar-refractivity contribution is 6.30. The third kappa shape index (κ3) is 3.62. The first-order chi connectivity index (χ1) is 8.63. The van der Waals surface area contributed by atoms with Crippen molar-refractivity contribution < 1.29 is 4.79 Å². The molecule has 1 fully saturated rings. The van der Waals surface area contributed by atoms with Crippen molar-refractivity contribution >= 4 is 29.9 Å². The number of aryl methyl sites for hydroxylation is 1. The van der Waals surface area contributed by atoms with Gasteiger partial charge in [-0.3, -0.25) is 4.79 Å². The van der Waals surface area contributed by atoms with E-state index in [1.54, 1.807) is 6.07 Å². The Morgan fingerprint density at radius 3 is 2.89 bits per heavy atom. The Balaban J connectivity index is 0.00000180. The van der Waals surface area contributed by atoms with Crippen LogP contribution < -0.4 is 5.32 Å². The summed E-state index contributed by atoms with van der Waals surface area (Å²) in [7, 11) is 1.93. The molecule has 1 N–H and O–H groups in total. The summed E-state index contributed by atoms with van der Waals surface area (Å²) >= 11 is 5.92. The van der Waals surface area contributed by atoms with Crippen LogP contribution in [0.15, 0.2) is 18.2 Å². The number of hydrogen-bond donors (Lipinski definition) is 1. The normalized spacial score (nSPS) is 18.3. The Morgan fingerprint density at radius 2 is 2.26 bits per heavy atom. The van der Waals surface area contributed by atoms with Crippen LogP contribution in [0.25, 0.3) is 0 Å². The minimum atomic E-state index is 0. The molecule has 1 amide bonds. The van der Waals surface area contributed by atoms with E-state index in [-0.39, 0.29) is 18.3 Å². The first-order valence-corrected chi connectivity index (χ1v) is 6.73. The highest BCUT2D eigenvalue weighted by atomic mass is 35.5. The summed E-state index contributed by atoms with van der Waals surface area (Å²) in [5, 5.41) is 3.83. The largest absolute Gasteiger partial charge is 0.334 e. The van der Waals surface area contributed by atoms with Crippen LogP contribution in [0.3, 0.4) is 0 Å². The molecule has 1 aromatic rings. The van der Waals surface area contributed by atoms with Crippen molar-refractivity contribution in [1.82, 2.24) is 10.2 Å². The summed E-state index contributed by atoms with van der Waals surface area (Å²) < 4.78 is 0. The molecule has 3 nitrogen and oxygen atoms in total. The van der Waals surface area contributed by atoms with Gasteiger partial charge in [-0.05, 0) is 50.6 Å². The van der Waals surface area contributed by atoms with E-state index >= 15 is 0 Å². The van der Waals surface area contributed by atoms with E-state index in [1.165, 1.54) is 0 Å². The van der Waals surface area contributed by atoms with Crippen molar-refractivity contribution in [1.29, 1.82) is 0 Å². The van der Waals surface area contributed by atoms with Crippen LogP contribution in [0.5, 0.6) is 0 Å². The Bertz CT molecular complexity index is 451. The molecule has 0 bridgehead atoms. The highest BCUT2D eigenvalue weighted by Crippen LogP contribution is 2.22. The molecule has 1 aliphatic rings. The summed E-state index contributed by atoms with van der Waals surface area (Å²) in [5.74, 6) is 0.127. The number of benzene rings is 1. The number of rotatable bonds is 3. The van der Waals surface area contributed by atoms with Crippen LogP contribution in [-0.2, 0) is 0 Å². The van der Waals surface area contributed by atoms with Gasteiger partial charge in [0, 0.05) is 29.7 Å². The van der Waals surface area contributed by atoms with Gasteiger partial charge < -0.3 is 10.2 Å². The maximum atomic E-state index is 12.5. The molecule has 5 heteroatoms. The molecule has 0 aliphatic carbocycles. The van der Waals surface area contributed by atoms with E-state index in [2.05, 4.69) is 5.32 Å². The highest BCUT2D eigenvalue weighted by Gasteiger charge is 2.29. The molecular formula is C14H20Cl2N2O. The van der Waals surface area contributed by atoms with Crippen LogP contribution in [0.1, 0.15) is 28.8 Å². The van der Waals surface area contributed by atoms with E-state index < -0.39 is 0 Å². The monoisotopic (exact) mass is 302 g/mol. The average molecular weight is 303 g/mol. The van der Waals surface area contributed by atoms with Crippen LogP contribution in [0.2, 0.25) is 5.02 Å². The number of carbonyl (C=O) groups is 1. The SMILES string of the molecule is CNCC1CCCN1C(=O)c1ccc(Cl)cc1C.Cl. The molecule has 1 unspecified atom stereocenters. The van der Waals surface area contributed by atoms with Gasteiger partial charge in [0.05, 0.1) is 0 Å². The lowest BCUT2D eigenvalue weighted by molar-refractivity contribution is 0.0736. The molecule has 1 atom stereocenters. The molecule has 0 radical (unpaired) electrons. The number of amides is 1. The second kappa shape index (κ2) is 7.13. The molecule has 0 saturated carbocycles. The van der Waals surface area contributed by atoms with Gasteiger partial charge in [0.2, 0.25) is 0 Å². The zero-order valence-corrected chi connectivity index (χ0v) is 12.9. The quantitative estimate of drug-likeness (QED) is 0.931. The van der Waals surface area contributed by atoms with Crippen molar-refractivity contribution in [2.24, 2.45) is 0 Å². The topological polar surface area (TPSA) is 32.3 Å². The first kappa shape index (κ1) is 16.3. The Hall–Kier alpha value is -0.770. The van der Waals surface area contributed by atoms with Crippen LogP contribution in [0, 0.1) is 6.92 Å². The smallest absolute Gasteiger partial charge is 0.254 e. The lowest BCUT2D eigenvalue weighted by Crippen LogP contribution is -2.41. The number of carbonyl (C=O) groups excluding carboxylic acids is 1. The predicted octanol–water partition coefficient (Wildman–Crippen LogP) is 2.89. The molecule has 2 rings (SSSR count). The zero-order valence-electron chi connectivity index (χ0n) is 11.3. The number of halogens is 2. The van der Waals surface area contributed by atoms with Crippen LogP contribution in [0.4, 0.5) is 0 Å². The lowest BCUT2D eigenvalue weighted by Gasteiger charge is -2.25. The van der Waals surface area contributed by atoms with Crippen molar-refractivity contribution in [3.8, 4) is 0 Å². The van der Waals surface area contributed by atoms with Crippen molar-refractivity contribution in [2.75, 3.05) is 20.1 Å². The van der Waals surface area contributed by atoms with Gasteiger partial charge in [0.1, 0.15) is 0 Å². The van der Waals surface area contributed by atoms with Gasteiger partial charge in [-0.15, -0.1) is 12.4 Å². The fourth-order valence-corrected chi connectivity index (χ4v) is 2.80. The van der Waals surface area contributed by atoms with Gasteiger partial charge in [-0.2, -0.15) is 0 Å². The summed E-state index contributed by atoms with van der Waals surface area (Å²) in [6.07, 6.45) is 2.17. The molecule has 1 aliphatic heterocycles. The van der Waals surface area contributed by atoms with Gasteiger partial charge in [-0.1, -0.05) is 11.6 Å². The summed E-state index contributed by atoms with van der Waals surface area (Å²) in [6, 6.07) is 5.77. The zero-order chi connectivity index (χ0) is 13.1. The standard InChI is InChI=1S/C14H19ClN2O.ClH/c1-10-8-11(15)5-6-13(10)14(18)17-7-3-4-12(17)9-16-2;/h5-6,8,12,16H,3-4,7,9H2,1-2H3;1H. The van der Waals surface area contributed by atoms with Crippen LogP contribution >= 0.6 is 24.0 Å². The lowest BCUT2D eigenvalue weighted by atomic mass is 10.1. The number of hydrogen-bond acceptors (Lipinski definition) is 2. The molecule has 106 valence electrons.